The van der Waals surface area contributed by atoms with Crippen LogP contribution in [0, 0.1) is 10.1 Å². The fraction of sp³-hybridized carbons (Fsp3) is 0.143. The summed E-state index contributed by atoms with van der Waals surface area (Å²) < 4.78 is 0. The van der Waals surface area contributed by atoms with Gasteiger partial charge in [0.2, 0.25) is 0 Å². The Labute approximate surface area is 121 Å². The van der Waals surface area contributed by atoms with Crippen LogP contribution in [0.15, 0.2) is 42.5 Å². The van der Waals surface area contributed by atoms with Crippen LogP contribution < -0.4 is 5.32 Å². The molecule has 0 aliphatic heterocycles. The number of phenols is 1. The number of nitrogens with zero attached hydrogens (tertiary/aromatic N) is 1. The average molecular weight is 293 g/mol. The number of hydrogen-bond donors (Lipinski definition) is 2. The maximum atomic E-state index is 10.8. The Hall–Kier alpha value is -2.11. The monoisotopic (exact) mass is 292 g/mol. The Bertz CT molecular complexity index is 632. The zero-order valence-corrected chi connectivity index (χ0v) is 11.3. The van der Waals surface area contributed by atoms with Crippen molar-refractivity contribution in [3.05, 3.63) is 68.7 Å². The number of para-hydroxylation sites is 1. The molecule has 0 aliphatic carbocycles. The molecule has 2 rings (SSSR count). The van der Waals surface area contributed by atoms with Gasteiger partial charge in [0.1, 0.15) is 10.8 Å². The van der Waals surface area contributed by atoms with E-state index in [1.54, 1.807) is 18.2 Å². The van der Waals surface area contributed by atoms with Crippen molar-refractivity contribution in [1.29, 1.82) is 0 Å². The van der Waals surface area contributed by atoms with Gasteiger partial charge in [0, 0.05) is 24.7 Å². The largest absolute Gasteiger partial charge is 0.508 e. The van der Waals surface area contributed by atoms with E-state index in [2.05, 4.69) is 5.32 Å². The third-order valence-electron chi connectivity index (χ3n) is 2.84. The van der Waals surface area contributed by atoms with Crippen molar-refractivity contribution in [1.82, 2.24) is 5.32 Å². The van der Waals surface area contributed by atoms with E-state index in [4.69, 9.17) is 11.6 Å². The smallest absolute Gasteiger partial charge is 0.288 e. The van der Waals surface area contributed by atoms with Crippen molar-refractivity contribution in [2.75, 3.05) is 0 Å². The van der Waals surface area contributed by atoms with Gasteiger partial charge in [0.25, 0.3) is 5.69 Å². The van der Waals surface area contributed by atoms with Crippen LogP contribution in [0.5, 0.6) is 5.75 Å². The van der Waals surface area contributed by atoms with Crippen molar-refractivity contribution in [2.45, 2.75) is 13.1 Å². The van der Waals surface area contributed by atoms with E-state index in [1.165, 1.54) is 12.1 Å². The minimum Gasteiger partial charge on any atom is -0.508 e. The molecule has 0 aliphatic rings. The van der Waals surface area contributed by atoms with Crippen LogP contribution in [0.1, 0.15) is 11.1 Å². The standard InChI is InChI=1S/C14H13ClN2O3/c15-12-6-5-10(7-13(12)17(19)20)8-16-9-11-3-1-2-4-14(11)18/h1-7,16,18H,8-9H2. The van der Waals surface area contributed by atoms with Crippen molar-refractivity contribution < 1.29 is 10.0 Å². The molecule has 0 heterocycles. The van der Waals surface area contributed by atoms with Gasteiger partial charge in [0.15, 0.2) is 0 Å². The number of benzene rings is 2. The van der Waals surface area contributed by atoms with E-state index in [9.17, 15) is 15.2 Å². The Morgan fingerprint density at radius 1 is 1.20 bits per heavy atom. The summed E-state index contributed by atoms with van der Waals surface area (Å²) >= 11 is 5.75. The molecule has 5 nitrogen and oxygen atoms in total. The maximum Gasteiger partial charge on any atom is 0.288 e. The van der Waals surface area contributed by atoms with Gasteiger partial charge in [-0.1, -0.05) is 35.9 Å². The highest BCUT2D eigenvalue weighted by Crippen LogP contribution is 2.25. The first kappa shape index (κ1) is 14.3. The second-order valence-corrected chi connectivity index (χ2v) is 4.68. The number of rotatable bonds is 5. The number of nitro benzene ring substituents is 1. The maximum absolute atomic E-state index is 10.8. The number of hydrogen-bond acceptors (Lipinski definition) is 4. The fourth-order valence-corrected chi connectivity index (χ4v) is 2.00. The summed E-state index contributed by atoms with van der Waals surface area (Å²) in [6, 6.07) is 11.7. The molecule has 0 atom stereocenters. The zero-order chi connectivity index (χ0) is 14.5. The van der Waals surface area contributed by atoms with Crippen molar-refractivity contribution in [3.8, 4) is 5.75 Å². The Balaban J connectivity index is 2.00. The van der Waals surface area contributed by atoms with Gasteiger partial charge in [-0.2, -0.15) is 0 Å². The van der Waals surface area contributed by atoms with Gasteiger partial charge in [-0.3, -0.25) is 10.1 Å². The molecule has 0 fully saturated rings. The van der Waals surface area contributed by atoms with Crippen LogP contribution in [0.4, 0.5) is 5.69 Å². The molecule has 2 aromatic carbocycles. The van der Waals surface area contributed by atoms with Crippen molar-refractivity contribution in [3.63, 3.8) is 0 Å². The van der Waals surface area contributed by atoms with Crippen LogP contribution in [0.3, 0.4) is 0 Å². The highest BCUT2D eigenvalue weighted by atomic mass is 35.5. The van der Waals surface area contributed by atoms with E-state index in [0.717, 1.165) is 11.1 Å². The van der Waals surface area contributed by atoms with Crippen LogP contribution >= 0.6 is 11.6 Å². The van der Waals surface area contributed by atoms with E-state index < -0.39 is 4.92 Å². The van der Waals surface area contributed by atoms with Crippen molar-refractivity contribution in [2.24, 2.45) is 0 Å². The van der Waals surface area contributed by atoms with Gasteiger partial charge >= 0.3 is 0 Å². The second kappa shape index (κ2) is 6.36. The van der Waals surface area contributed by atoms with Gasteiger partial charge in [-0.25, -0.2) is 0 Å². The minimum atomic E-state index is -0.505. The first-order chi connectivity index (χ1) is 9.58. The molecule has 0 unspecified atom stereocenters. The number of phenolic OH excluding ortho intramolecular Hbond substituents is 1. The topological polar surface area (TPSA) is 75.4 Å². The lowest BCUT2D eigenvalue weighted by Crippen LogP contribution is -2.12. The van der Waals surface area contributed by atoms with E-state index in [-0.39, 0.29) is 16.5 Å². The highest BCUT2D eigenvalue weighted by molar-refractivity contribution is 6.32. The molecule has 2 N–H and O–H groups in total. The summed E-state index contributed by atoms with van der Waals surface area (Å²) in [5.74, 6) is 0.224. The van der Waals surface area contributed by atoms with Crippen LogP contribution in [-0.2, 0) is 13.1 Å². The first-order valence-corrected chi connectivity index (χ1v) is 6.36. The predicted octanol–water partition coefficient (Wildman–Crippen LogP) is 3.24. The fourth-order valence-electron chi connectivity index (χ4n) is 1.81. The van der Waals surface area contributed by atoms with E-state index in [0.29, 0.717) is 13.1 Å². The molecule has 104 valence electrons. The lowest BCUT2D eigenvalue weighted by atomic mass is 10.1. The molecule has 0 aromatic heterocycles. The molecule has 0 saturated carbocycles. The van der Waals surface area contributed by atoms with E-state index >= 15 is 0 Å². The summed E-state index contributed by atoms with van der Waals surface area (Å²) in [6.45, 7) is 0.926. The lowest BCUT2D eigenvalue weighted by molar-refractivity contribution is -0.384. The van der Waals surface area contributed by atoms with Crippen LogP contribution in [0.2, 0.25) is 5.02 Å². The van der Waals surface area contributed by atoms with Crippen LogP contribution in [-0.4, -0.2) is 10.0 Å². The van der Waals surface area contributed by atoms with Crippen LogP contribution in [0.25, 0.3) is 0 Å². The van der Waals surface area contributed by atoms with E-state index in [1.807, 2.05) is 12.1 Å². The Kier molecular flexibility index (Phi) is 4.55. The summed E-state index contributed by atoms with van der Waals surface area (Å²) in [7, 11) is 0. The molecule has 0 amide bonds. The molecular formula is C14H13ClN2O3. The van der Waals surface area contributed by atoms with Crippen molar-refractivity contribution >= 4 is 17.3 Å². The molecule has 0 spiro atoms. The third kappa shape index (κ3) is 3.46. The number of nitrogens with one attached hydrogen (secondary N) is 1. The van der Waals surface area contributed by atoms with Gasteiger partial charge in [0.05, 0.1) is 4.92 Å². The highest BCUT2D eigenvalue weighted by Gasteiger charge is 2.12. The average Bonchev–Trinajstić information content (AvgIpc) is 2.42. The molecule has 2 aromatic rings. The molecule has 0 radical (unpaired) electrons. The summed E-state index contributed by atoms with van der Waals surface area (Å²) in [4.78, 5) is 10.3. The quantitative estimate of drug-likeness (QED) is 0.655. The second-order valence-electron chi connectivity index (χ2n) is 4.28. The van der Waals surface area contributed by atoms with Gasteiger partial charge < -0.3 is 10.4 Å². The first-order valence-electron chi connectivity index (χ1n) is 5.98. The normalized spacial score (nSPS) is 10.4. The van der Waals surface area contributed by atoms with Gasteiger partial charge in [-0.15, -0.1) is 0 Å². The third-order valence-corrected chi connectivity index (χ3v) is 3.16. The Morgan fingerprint density at radius 2 is 1.95 bits per heavy atom. The predicted molar refractivity (Wildman–Crippen MR) is 76.8 cm³/mol. The minimum absolute atomic E-state index is 0.103. The molecular weight excluding hydrogens is 280 g/mol. The molecule has 0 saturated heterocycles. The number of aromatic hydroxyl groups is 1. The SMILES string of the molecule is O=[N+]([O-])c1cc(CNCc2ccccc2O)ccc1Cl. The number of nitro groups is 1. The molecule has 6 heteroatoms. The summed E-state index contributed by atoms with van der Waals surface area (Å²) in [5.41, 5.74) is 1.43. The summed E-state index contributed by atoms with van der Waals surface area (Å²) in [6.07, 6.45) is 0. The lowest BCUT2D eigenvalue weighted by Gasteiger charge is -2.07. The molecule has 0 bridgehead atoms. The summed E-state index contributed by atoms with van der Waals surface area (Å²) in [5, 5.41) is 23.6. The zero-order valence-electron chi connectivity index (χ0n) is 10.5. The molecule has 20 heavy (non-hydrogen) atoms. The Morgan fingerprint density at radius 3 is 2.65 bits per heavy atom. The van der Waals surface area contributed by atoms with Gasteiger partial charge in [-0.05, 0) is 17.7 Å². The number of halogens is 1.